The molecule has 2 N–H and O–H groups in total. The predicted molar refractivity (Wildman–Crippen MR) is 88.8 cm³/mol. The number of carbonyl (C=O) groups excluding carboxylic acids is 1. The Morgan fingerprint density at radius 1 is 1.55 bits per heavy atom. The molecule has 2 aliphatic heterocycles. The monoisotopic (exact) mass is 332 g/mol. The number of nitrogens with two attached hydrogens (primary N) is 1. The molecule has 1 fully saturated rings. The van der Waals surface area contributed by atoms with E-state index in [0.29, 0.717) is 24.4 Å². The molecule has 1 aromatic heterocycles. The van der Waals surface area contributed by atoms with E-state index in [2.05, 4.69) is 23.3 Å². The molecule has 6 heteroatoms. The van der Waals surface area contributed by atoms with Crippen molar-refractivity contribution in [2.45, 2.75) is 31.1 Å². The third-order valence-corrected chi connectivity index (χ3v) is 6.40. The highest BCUT2D eigenvalue weighted by molar-refractivity contribution is 8.00. The minimum absolute atomic E-state index is 0. The average Bonchev–Trinajstić information content (AvgIpc) is 3.03. The van der Waals surface area contributed by atoms with Gasteiger partial charge in [0.05, 0.1) is 0 Å². The van der Waals surface area contributed by atoms with Crippen molar-refractivity contribution >= 4 is 41.4 Å². The topological polar surface area (TPSA) is 46.3 Å². The summed E-state index contributed by atoms with van der Waals surface area (Å²) in [5, 5.41) is 2.14. The number of carbonyl (C=O) groups is 1. The Labute approximate surface area is 134 Å². The molecule has 0 aliphatic carbocycles. The van der Waals surface area contributed by atoms with E-state index in [0.717, 1.165) is 25.1 Å². The van der Waals surface area contributed by atoms with Gasteiger partial charge in [-0.05, 0) is 55.0 Å². The maximum Gasteiger partial charge on any atom is 0.240 e. The normalized spacial score (nSPS) is 28.9. The second kappa shape index (κ2) is 6.69. The highest BCUT2D eigenvalue weighted by Gasteiger charge is 2.37. The van der Waals surface area contributed by atoms with Gasteiger partial charge in [-0.2, -0.15) is 0 Å². The Hall–Kier alpha value is -0.230. The van der Waals surface area contributed by atoms with Gasteiger partial charge in [0, 0.05) is 17.5 Å². The second-order valence-electron chi connectivity index (χ2n) is 5.48. The third-order valence-electron chi connectivity index (χ3n) is 4.18. The number of rotatable bonds is 2. The Morgan fingerprint density at radius 3 is 3.05 bits per heavy atom. The second-order valence-corrected chi connectivity index (χ2v) is 7.69. The lowest BCUT2D eigenvalue weighted by Gasteiger charge is -2.29. The van der Waals surface area contributed by atoms with Crippen molar-refractivity contribution < 1.29 is 4.79 Å². The number of aryl methyl sites for hydroxylation is 1. The quantitative estimate of drug-likeness (QED) is 0.905. The van der Waals surface area contributed by atoms with Crippen LogP contribution in [0.15, 0.2) is 11.4 Å². The number of hydrogen-bond acceptors (Lipinski definition) is 4. The number of hydrogen-bond donors (Lipinski definition) is 1. The van der Waals surface area contributed by atoms with Crippen LogP contribution in [0.3, 0.4) is 0 Å². The van der Waals surface area contributed by atoms with E-state index in [1.165, 1.54) is 10.4 Å². The molecule has 0 bridgehead atoms. The number of fused-ring (bicyclic) bond motifs is 1. The van der Waals surface area contributed by atoms with Gasteiger partial charge in [-0.1, -0.05) is 0 Å². The zero-order valence-electron chi connectivity index (χ0n) is 11.6. The fourth-order valence-corrected chi connectivity index (χ4v) is 5.48. The highest BCUT2D eigenvalue weighted by Crippen LogP contribution is 2.41. The minimum atomic E-state index is 0. The maximum absolute atomic E-state index is 12.8. The van der Waals surface area contributed by atoms with E-state index >= 15 is 0 Å². The summed E-state index contributed by atoms with van der Waals surface area (Å²) in [7, 11) is 0. The van der Waals surface area contributed by atoms with Crippen LogP contribution in [0.1, 0.15) is 29.0 Å². The average molecular weight is 333 g/mol. The smallest absolute Gasteiger partial charge is 0.240 e. The maximum atomic E-state index is 12.8. The van der Waals surface area contributed by atoms with Gasteiger partial charge in [-0.3, -0.25) is 4.79 Å². The molecule has 1 saturated heterocycles. The van der Waals surface area contributed by atoms with Gasteiger partial charge < -0.3 is 10.6 Å². The summed E-state index contributed by atoms with van der Waals surface area (Å²) in [6, 6.07) is 2.47. The van der Waals surface area contributed by atoms with E-state index < -0.39 is 0 Å². The van der Waals surface area contributed by atoms with Gasteiger partial charge in [0.25, 0.3) is 0 Å². The van der Waals surface area contributed by atoms with Gasteiger partial charge in [0.15, 0.2) is 0 Å². The van der Waals surface area contributed by atoms with Crippen LogP contribution >= 0.6 is 35.5 Å². The first-order chi connectivity index (χ1) is 9.20. The van der Waals surface area contributed by atoms with Crippen LogP contribution in [0.4, 0.5) is 0 Å². The SMILES string of the molecule is CC1CC(CN)CN1C(=O)C1SCCc2sccc21.Cl. The molecule has 3 unspecified atom stereocenters. The first kappa shape index (κ1) is 16.1. The van der Waals surface area contributed by atoms with Crippen LogP contribution in [0, 0.1) is 5.92 Å². The third kappa shape index (κ3) is 2.86. The summed E-state index contributed by atoms with van der Waals surface area (Å²) < 4.78 is 0. The molecule has 0 spiro atoms. The molecule has 3 nitrogen and oxygen atoms in total. The predicted octanol–water partition coefficient (Wildman–Crippen LogP) is 2.70. The van der Waals surface area contributed by atoms with Crippen LogP contribution in [0.2, 0.25) is 0 Å². The summed E-state index contributed by atoms with van der Waals surface area (Å²) in [4.78, 5) is 16.3. The summed E-state index contributed by atoms with van der Waals surface area (Å²) in [6.45, 7) is 3.68. The van der Waals surface area contributed by atoms with Crippen LogP contribution < -0.4 is 5.73 Å². The molecule has 0 aromatic carbocycles. The molecule has 1 amide bonds. The molecule has 3 atom stereocenters. The molecule has 20 heavy (non-hydrogen) atoms. The van der Waals surface area contributed by atoms with Gasteiger partial charge in [0.2, 0.25) is 5.91 Å². The Kier molecular flexibility index (Phi) is 5.40. The van der Waals surface area contributed by atoms with Crippen molar-refractivity contribution in [1.82, 2.24) is 4.90 Å². The standard InChI is InChI=1S/C14H20N2OS2.ClH/c1-9-6-10(7-15)8-16(9)14(17)13-11-2-4-18-12(11)3-5-19-13;/h2,4,9-10,13H,3,5-8,15H2,1H3;1H. The minimum Gasteiger partial charge on any atom is -0.338 e. The number of thiophene rings is 1. The van der Waals surface area contributed by atoms with Crippen LogP contribution in [0.5, 0.6) is 0 Å². The molecule has 3 heterocycles. The number of thioether (sulfide) groups is 1. The molecule has 0 radical (unpaired) electrons. The van der Waals surface area contributed by atoms with Crippen molar-refractivity contribution in [2.75, 3.05) is 18.8 Å². The lowest BCUT2D eigenvalue weighted by molar-refractivity contribution is -0.131. The highest BCUT2D eigenvalue weighted by atomic mass is 35.5. The van der Waals surface area contributed by atoms with Crippen molar-refractivity contribution in [2.24, 2.45) is 11.7 Å². The summed E-state index contributed by atoms with van der Waals surface area (Å²) in [5.41, 5.74) is 7.01. The number of nitrogens with zero attached hydrogens (tertiary/aromatic N) is 1. The zero-order valence-corrected chi connectivity index (χ0v) is 14.0. The molecular weight excluding hydrogens is 312 g/mol. The molecule has 112 valence electrons. The van der Waals surface area contributed by atoms with Crippen LogP contribution in [-0.4, -0.2) is 35.7 Å². The number of halogens is 1. The van der Waals surface area contributed by atoms with Gasteiger partial charge in [0.1, 0.15) is 5.25 Å². The van der Waals surface area contributed by atoms with Crippen molar-refractivity contribution in [3.8, 4) is 0 Å². The van der Waals surface area contributed by atoms with Crippen molar-refractivity contribution in [3.63, 3.8) is 0 Å². The fourth-order valence-electron chi connectivity index (χ4n) is 3.12. The fraction of sp³-hybridized carbons (Fsp3) is 0.643. The van der Waals surface area contributed by atoms with Crippen LogP contribution in [-0.2, 0) is 11.2 Å². The zero-order chi connectivity index (χ0) is 13.4. The summed E-state index contributed by atoms with van der Waals surface area (Å²) >= 11 is 3.59. The van der Waals surface area contributed by atoms with E-state index in [4.69, 9.17) is 5.73 Å². The molecule has 3 rings (SSSR count). The van der Waals surface area contributed by atoms with E-state index in [-0.39, 0.29) is 17.7 Å². The largest absolute Gasteiger partial charge is 0.338 e. The first-order valence-corrected chi connectivity index (χ1v) is 8.82. The number of amides is 1. The lowest BCUT2D eigenvalue weighted by Crippen LogP contribution is -2.38. The van der Waals surface area contributed by atoms with Gasteiger partial charge in [-0.25, -0.2) is 0 Å². The number of likely N-dealkylation sites (tertiary alicyclic amines) is 1. The van der Waals surface area contributed by atoms with Gasteiger partial charge >= 0.3 is 0 Å². The van der Waals surface area contributed by atoms with E-state index in [9.17, 15) is 4.79 Å². The Bertz CT molecular complexity index is 479. The van der Waals surface area contributed by atoms with Crippen molar-refractivity contribution in [3.05, 3.63) is 21.9 Å². The summed E-state index contributed by atoms with van der Waals surface area (Å²) in [6.07, 6.45) is 2.17. The Morgan fingerprint density at radius 2 is 2.35 bits per heavy atom. The Balaban J connectivity index is 0.00000147. The molecule has 0 saturated carbocycles. The molecular formula is C14H21ClN2OS2. The van der Waals surface area contributed by atoms with E-state index in [1.54, 1.807) is 23.1 Å². The lowest BCUT2D eigenvalue weighted by atomic mass is 10.1. The van der Waals surface area contributed by atoms with Crippen LogP contribution in [0.25, 0.3) is 0 Å². The van der Waals surface area contributed by atoms with Gasteiger partial charge in [-0.15, -0.1) is 35.5 Å². The van der Waals surface area contributed by atoms with E-state index in [1.807, 2.05) is 0 Å². The first-order valence-electron chi connectivity index (χ1n) is 6.89. The van der Waals surface area contributed by atoms with Crippen molar-refractivity contribution in [1.29, 1.82) is 0 Å². The summed E-state index contributed by atoms with van der Waals surface area (Å²) in [5.74, 6) is 1.84. The molecule has 2 aliphatic rings. The molecule has 1 aromatic rings.